The zero-order chi connectivity index (χ0) is 19.7. The highest BCUT2D eigenvalue weighted by Gasteiger charge is 2.29. The first-order chi connectivity index (χ1) is 13.5. The van der Waals surface area contributed by atoms with Crippen LogP contribution in [-0.2, 0) is 22.9 Å². The lowest BCUT2D eigenvalue weighted by Gasteiger charge is -2.26. The minimum absolute atomic E-state index is 0.145. The highest BCUT2D eigenvalue weighted by Crippen LogP contribution is 2.33. The lowest BCUT2D eigenvalue weighted by Crippen LogP contribution is -2.38. The van der Waals surface area contributed by atoms with Crippen LogP contribution in [-0.4, -0.2) is 27.5 Å². The van der Waals surface area contributed by atoms with Gasteiger partial charge >= 0.3 is 6.03 Å². The van der Waals surface area contributed by atoms with Crippen molar-refractivity contribution >= 4 is 21.7 Å². The fourth-order valence-electron chi connectivity index (χ4n) is 4.13. The predicted octanol–water partition coefficient (Wildman–Crippen LogP) is 3.13. The molecule has 4 rings (SSSR count). The zero-order valence-electron chi connectivity index (χ0n) is 15.9. The Hall–Kier alpha value is -2.38. The van der Waals surface area contributed by atoms with Crippen molar-refractivity contribution in [3.8, 4) is 0 Å². The molecular weight excluding hydrogens is 374 g/mol. The summed E-state index contributed by atoms with van der Waals surface area (Å²) in [6.07, 6.45) is 3.41. The average molecular weight is 400 g/mol. The van der Waals surface area contributed by atoms with Crippen molar-refractivity contribution in [1.29, 1.82) is 0 Å². The second-order valence-electron chi connectivity index (χ2n) is 7.29. The molecule has 0 saturated carbocycles. The number of hydrogen-bond acceptors (Lipinski definition) is 3. The number of rotatable bonds is 4. The van der Waals surface area contributed by atoms with Gasteiger partial charge in [0.15, 0.2) is 0 Å². The first-order valence-electron chi connectivity index (χ1n) is 9.78. The largest absolute Gasteiger partial charge is 0.338 e. The Balaban J connectivity index is 1.57. The number of carbonyl (C=O) groups excluding carboxylic acids is 1. The second-order valence-corrected chi connectivity index (χ2v) is 9.01. The summed E-state index contributed by atoms with van der Waals surface area (Å²) >= 11 is 0. The molecule has 7 heteroatoms. The minimum Gasteiger partial charge on any atom is -0.338 e. The van der Waals surface area contributed by atoms with Gasteiger partial charge in [0, 0.05) is 24.8 Å². The van der Waals surface area contributed by atoms with Crippen LogP contribution >= 0.6 is 0 Å². The third-order valence-electron chi connectivity index (χ3n) is 5.50. The molecule has 28 heavy (non-hydrogen) atoms. The number of benzene rings is 2. The fraction of sp³-hybridized carbons (Fsp3) is 0.381. The molecule has 0 spiro atoms. The molecule has 6 nitrogen and oxygen atoms in total. The topological polar surface area (TPSA) is 78.5 Å². The molecule has 148 valence electrons. The first-order valence-corrected chi connectivity index (χ1v) is 11.3. The number of nitrogens with zero attached hydrogens (tertiary/aromatic N) is 1. The number of urea groups is 1. The smallest absolute Gasteiger partial charge is 0.321 e. The lowest BCUT2D eigenvalue weighted by molar-refractivity contribution is 0.247. The van der Waals surface area contributed by atoms with E-state index in [9.17, 15) is 13.2 Å². The predicted molar refractivity (Wildman–Crippen MR) is 109 cm³/mol. The highest BCUT2D eigenvalue weighted by molar-refractivity contribution is 7.89. The number of sulfonamides is 1. The molecule has 2 aliphatic rings. The summed E-state index contributed by atoms with van der Waals surface area (Å²) in [6, 6.07) is 12.7. The summed E-state index contributed by atoms with van der Waals surface area (Å²) in [7, 11) is -3.64. The van der Waals surface area contributed by atoms with Gasteiger partial charge < -0.3 is 5.32 Å². The molecule has 2 aromatic carbocycles. The van der Waals surface area contributed by atoms with Crippen LogP contribution in [0.2, 0.25) is 0 Å². The molecule has 1 aliphatic carbocycles. The molecule has 1 aliphatic heterocycles. The summed E-state index contributed by atoms with van der Waals surface area (Å²) in [5.41, 5.74) is 3.96. The van der Waals surface area contributed by atoms with Crippen LogP contribution in [0.3, 0.4) is 0 Å². The van der Waals surface area contributed by atoms with Gasteiger partial charge in [-0.25, -0.2) is 17.9 Å². The monoisotopic (exact) mass is 399 g/mol. The van der Waals surface area contributed by atoms with Gasteiger partial charge in [-0.1, -0.05) is 24.3 Å². The second kappa shape index (κ2) is 7.56. The zero-order valence-corrected chi connectivity index (χ0v) is 16.8. The number of nitrogens with one attached hydrogen (secondary N) is 2. The van der Waals surface area contributed by atoms with Crippen LogP contribution < -0.4 is 14.9 Å². The van der Waals surface area contributed by atoms with Crippen LogP contribution in [0.4, 0.5) is 10.5 Å². The number of anilines is 1. The summed E-state index contributed by atoms with van der Waals surface area (Å²) in [5.74, 6) is 0. The van der Waals surface area contributed by atoms with E-state index in [0.29, 0.717) is 19.5 Å². The Labute approximate surface area is 166 Å². The Morgan fingerprint density at radius 1 is 1.14 bits per heavy atom. The van der Waals surface area contributed by atoms with Crippen molar-refractivity contribution in [2.75, 3.05) is 18.0 Å². The van der Waals surface area contributed by atoms with Gasteiger partial charge in [-0.05, 0) is 67.5 Å². The summed E-state index contributed by atoms with van der Waals surface area (Å²) < 4.78 is 28.9. The Morgan fingerprint density at radius 3 is 2.79 bits per heavy atom. The van der Waals surface area contributed by atoms with Crippen molar-refractivity contribution in [3.63, 3.8) is 0 Å². The number of hydrogen-bond donors (Lipinski definition) is 2. The van der Waals surface area contributed by atoms with Gasteiger partial charge in [-0.15, -0.1) is 0 Å². The lowest BCUT2D eigenvalue weighted by atomic mass is 9.88. The molecule has 1 heterocycles. The van der Waals surface area contributed by atoms with E-state index in [2.05, 4.69) is 16.1 Å². The van der Waals surface area contributed by atoms with Crippen LogP contribution in [0, 0.1) is 0 Å². The van der Waals surface area contributed by atoms with Crippen LogP contribution in [0.5, 0.6) is 0 Å². The van der Waals surface area contributed by atoms with Crippen LogP contribution in [0.1, 0.15) is 42.5 Å². The van der Waals surface area contributed by atoms with Crippen LogP contribution in [0.25, 0.3) is 0 Å². The Bertz CT molecular complexity index is 1000. The third-order valence-corrected chi connectivity index (χ3v) is 6.97. The van der Waals surface area contributed by atoms with E-state index in [-0.39, 0.29) is 17.0 Å². The molecule has 0 fully saturated rings. The quantitative estimate of drug-likeness (QED) is 0.829. The van der Waals surface area contributed by atoms with E-state index in [4.69, 9.17) is 0 Å². The van der Waals surface area contributed by atoms with Gasteiger partial charge in [0.2, 0.25) is 10.0 Å². The summed E-state index contributed by atoms with van der Waals surface area (Å²) in [6.45, 7) is 3.00. The maximum Gasteiger partial charge on any atom is 0.321 e. The standard InChI is InChI=1S/C21H25N3O3S/c1-2-22-21(25)24-13-12-16-14-17(10-11-20(16)24)28(26,27)23-19-9-5-7-15-6-3-4-8-18(15)19/h3-4,6,8,10-11,14,19,23H,2,5,7,9,12-13H2,1H3,(H,22,25)/t19-/m0/s1. The Morgan fingerprint density at radius 2 is 1.96 bits per heavy atom. The molecule has 2 amide bonds. The van der Waals surface area contributed by atoms with Gasteiger partial charge in [-0.3, -0.25) is 4.90 Å². The molecule has 1 atom stereocenters. The van der Waals surface area contributed by atoms with Crippen molar-refractivity contribution < 1.29 is 13.2 Å². The van der Waals surface area contributed by atoms with E-state index in [1.54, 1.807) is 23.1 Å². The van der Waals surface area contributed by atoms with Gasteiger partial charge in [0.05, 0.1) is 4.90 Å². The van der Waals surface area contributed by atoms with Crippen molar-refractivity contribution in [3.05, 3.63) is 59.2 Å². The number of fused-ring (bicyclic) bond motifs is 2. The van der Waals surface area contributed by atoms with Gasteiger partial charge in [0.25, 0.3) is 0 Å². The van der Waals surface area contributed by atoms with Crippen LogP contribution in [0.15, 0.2) is 47.4 Å². The van der Waals surface area contributed by atoms with E-state index < -0.39 is 10.0 Å². The fourth-order valence-corrected chi connectivity index (χ4v) is 5.43. The van der Waals surface area contributed by atoms with Crippen molar-refractivity contribution in [2.24, 2.45) is 0 Å². The highest BCUT2D eigenvalue weighted by atomic mass is 32.2. The molecule has 2 N–H and O–H groups in total. The van der Waals surface area contributed by atoms with E-state index >= 15 is 0 Å². The third kappa shape index (κ3) is 3.52. The van der Waals surface area contributed by atoms with Crippen molar-refractivity contribution in [2.45, 2.75) is 43.5 Å². The van der Waals surface area contributed by atoms with Gasteiger partial charge in [-0.2, -0.15) is 0 Å². The summed E-state index contributed by atoms with van der Waals surface area (Å²) in [4.78, 5) is 14.1. The molecule has 0 unspecified atom stereocenters. The minimum atomic E-state index is -3.64. The normalized spacial score (nSPS) is 18.5. The number of carbonyl (C=O) groups is 1. The molecule has 0 radical (unpaired) electrons. The van der Waals surface area contributed by atoms with E-state index in [1.807, 2.05) is 25.1 Å². The molecule has 0 bridgehead atoms. The summed E-state index contributed by atoms with van der Waals surface area (Å²) in [5, 5.41) is 2.79. The van der Waals surface area contributed by atoms with E-state index in [0.717, 1.165) is 36.1 Å². The first kappa shape index (κ1) is 19.0. The molecule has 0 aromatic heterocycles. The van der Waals surface area contributed by atoms with E-state index in [1.165, 1.54) is 5.56 Å². The van der Waals surface area contributed by atoms with Crippen molar-refractivity contribution in [1.82, 2.24) is 10.0 Å². The number of amides is 2. The van der Waals surface area contributed by atoms with Gasteiger partial charge in [0.1, 0.15) is 0 Å². The molecule has 2 aromatic rings. The number of aryl methyl sites for hydroxylation is 1. The maximum absolute atomic E-state index is 13.0. The molecular formula is C21H25N3O3S. The maximum atomic E-state index is 13.0. The average Bonchev–Trinajstić information content (AvgIpc) is 3.12. The molecule has 0 saturated heterocycles. The Kier molecular flexibility index (Phi) is 5.12. The SMILES string of the molecule is CCNC(=O)N1CCc2cc(S(=O)(=O)N[C@H]3CCCc4ccccc43)ccc21.